The van der Waals surface area contributed by atoms with Crippen molar-refractivity contribution < 1.29 is 0 Å². The number of nitrogens with one attached hydrogen (secondary N) is 1. The molecule has 2 heteroatoms. The van der Waals surface area contributed by atoms with E-state index in [1.807, 2.05) is 0 Å². The van der Waals surface area contributed by atoms with E-state index in [9.17, 15) is 0 Å². The lowest BCUT2D eigenvalue weighted by atomic mass is 10.1. The van der Waals surface area contributed by atoms with E-state index in [1.165, 1.54) is 58.3 Å². The lowest BCUT2D eigenvalue weighted by molar-refractivity contribution is 0.209. The highest BCUT2D eigenvalue weighted by Gasteiger charge is 2.14. The summed E-state index contributed by atoms with van der Waals surface area (Å²) in [5.41, 5.74) is 0. The Kier molecular flexibility index (Phi) is 6.20. The van der Waals surface area contributed by atoms with Crippen LogP contribution in [0.3, 0.4) is 0 Å². The molecule has 0 aromatic heterocycles. The van der Waals surface area contributed by atoms with E-state index in [0.717, 1.165) is 6.04 Å². The molecule has 1 rings (SSSR count). The summed E-state index contributed by atoms with van der Waals surface area (Å²) in [5, 5.41) is 3.46. The van der Waals surface area contributed by atoms with Crippen LogP contribution >= 0.6 is 0 Å². The molecule has 14 heavy (non-hydrogen) atoms. The van der Waals surface area contributed by atoms with Crippen LogP contribution in [0.15, 0.2) is 0 Å². The van der Waals surface area contributed by atoms with Gasteiger partial charge in [0.2, 0.25) is 0 Å². The van der Waals surface area contributed by atoms with Crippen molar-refractivity contribution in [1.29, 1.82) is 0 Å². The molecule has 1 fully saturated rings. The SMILES string of the molecule is CCCCC[C@H](C)N1CCCNCC1. The molecule has 0 radical (unpaired) electrons. The van der Waals surface area contributed by atoms with Crippen LogP contribution in [0.4, 0.5) is 0 Å². The summed E-state index contributed by atoms with van der Waals surface area (Å²) in [6, 6.07) is 0.793. The molecule has 1 aliphatic rings. The van der Waals surface area contributed by atoms with E-state index in [2.05, 4.69) is 24.1 Å². The molecule has 1 saturated heterocycles. The first-order chi connectivity index (χ1) is 6.84. The van der Waals surface area contributed by atoms with Gasteiger partial charge >= 0.3 is 0 Å². The first-order valence-electron chi connectivity index (χ1n) is 6.29. The minimum absolute atomic E-state index is 0.793. The van der Waals surface area contributed by atoms with Crippen LogP contribution in [0.25, 0.3) is 0 Å². The van der Waals surface area contributed by atoms with Crippen LogP contribution in [0.2, 0.25) is 0 Å². The Labute approximate surface area is 89.1 Å². The van der Waals surface area contributed by atoms with Crippen molar-refractivity contribution in [1.82, 2.24) is 10.2 Å². The second-order valence-corrected chi connectivity index (χ2v) is 4.48. The first-order valence-corrected chi connectivity index (χ1v) is 6.29. The average molecular weight is 198 g/mol. The third-order valence-electron chi connectivity index (χ3n) is 3.22. The minimum atomic E-state index is 0.793. The largest absolute Gasteiger partial charge is 0.315 e. The third kappa shape index (κ3) is 4.43. The Hall–Kier alpha value is -0.0800. The zero-order valence-corrected chi connectivity index (χ0v) is 9.89. The molecule has 0 aromatic rings. The van der Waals surface area contributed by atoms with Crippen molar-refractivity contribution >= 4 is 0 Å². The van der Waals surface area contributed by atoms with Gasteiger partial charge in [-0.3, -0.25) is 4.90 Å². The Bertz CT molecular complexity index is 128. The predicted octanol–water partition coefficient (Wildman–Crippen LogP) is 2.25. The van der Waals surface area contributed by atoms with Crippen molar-refractivity contribution in [2.45, 2.75) is 52.0 Å². The maximum atomic E-state index is 3.46. The van der Waals surface area contributed by atoms with Gasteiger partial charge in [-0.05, 0) is 32.9 Å². The summed E-state index contributed by atoms with van der Waals surface area (Å²) < 4.78 is 0. The van der Waals surface area contributed by atoms with Gasteiger partial charge in [-0.1, -0.05) is 26.2 Å². The van der Waals surface area contributed by atoms with Crippen LogP contribution in [0, 0.1) is 0 Å². The van der Waals surface area contributed by atoms with Crippen molar-refractivity contribution in [3.8, 4) is 0 Å². The quantitative estimate of drug-likeness (QED) is 0.682. The fourth-order valence-electron chi connectivity index (χ4n) is 2.18. The van der Waals surface area contributed by atoms with E-state index in [1.54, 1.807) is 0 Å². The van der Waals surface area contributed by atoms with Crippen molar-refractivity contribution in [3.05, 3.63) is 0 Å². The third-order valence-corrected chi connectivity index (χ3v) is 3.22. The monoisotopic (exact) mass is 198 g/mol. The summed E-state index contributed by atoms with van der Waals surface area (Å²) >= 11 is 0. The second-order valence-electron chi connectivity index (χ2n) is 4.48. The predicted molar refractivity (Wildman–Crippen MR) is 62.7 cm³/mol. The maximum Gasteiger partial charge on any atom is 0.0110 e. The fraction of sp³-hybridized carbons (Fsp3) is 1.00. The topological polar surface area (TPSA) is 15.3 Å². The van der Waals surface area contributed by atoms with Crippen LogP contribution in [0.5, 0.6) is 0 Å². The summed E-state index contributed by atoms with van der Waals surface area (Å²) in [4.78, 5) is 2.65. The van der Waals surface area contributed by atoms with Crippen LogP contribution in [-0.4, -0.2) is 37.1 Å². The summed E-state index contributed by atoms with van der Waals surface area (Å²) in [6.07, 6.45) is 6.85. The lowest BCUT2D eigenvalue weighted by Crippen LogP contribution is -2.35. The Morgan fingerprint density at radius 2 is 2.07 bits per heavy atom. The molecule has 1 heterocycles. The summed E-state index contributed by atoms with van der Waals surface area (Å²) in [6.45, 7) is 9.59. The zero-order valence-electron chi connectivity index (χ0n) is 9.89. The number of rotatable bonds is 5. The van der Waals surface area contributed by atoms with Gasteiger partial charge in [-0.15, -0.1) is 0 Å². The van der Waals surface area contributed by atoms with E-state index in [4.69, 9.17) is 0 Å². The summed E-state index contributed by atoms with van der Waals surface area (Å²) in [5.74, 6) is 0. The van der Waals surface area contributed by atoms with Crippen molar-refractivity contribution in [3.63, 3.8) is 0 Å². The molecule has 0 aromatic carbocycles. The Morgan fingerprint density at radius 3 is 2.86 bits per heavy atom. The standard InChI is InChI=1S/C12H26N2/c1-3-4-5-7-12(2)14-10-6-8-13-9-11-14/h12-13H,3-11H2,1-2H3/t12-/m0/s1. The van der Waals surface area contributed by atoms with Gasteiger partial charge in [-0.2, -0.15) is 0 Å². The molecule has 0 aliphatic carbocycles. The van der Waals surface area contributed by atoms with Gasteiger partial charge in [0.25, 0.3) is 0 Å². The number of hydrogen-bond donors (Lipinski definition) is 1. The number of unbranched alkanes of at least 4 members (excludes halogenated alkanes) is 2. The zero-order chi connectivity index (χ0) is 10.2. The highest BCUT2D eigenvalue weighted by molar-refractivity contribution is 4.71. The van der Waals surface area contributed by atoms with Gasteiger partial charge < -0.3 is 5.32 Å². The molecular weight excluding hydrogens is 172 g/mol. The maximum absolute atomic E-state index is 3.46. The highest BCUT2D eigenvalue weighted by Crippen LogP contribution is 2.10. The fourth-order valence-corrected chi connectivity index (χ4v) is 2.18. The summed E-state index contributed by atoms with van der Waals surface area (Å²) in [7, 11) is 0. The lowest BCUT2D eigenvalue weighted by Gasteiger charge is -2.27. The molecule has 0 unspecified atom stereocenters. The van der Waals surface area contributed by atoms with Crippen LogP contribution in [-0.2, 0) is 0 Å². The molecule has 84 valence electrons. The van der Waals surface area contributed by atoms with E-state index < -0.39 is 0 Å². The molecule has 0 saturated carbocycles. The Balaban J connectivity index is 2.16. The smallest absolute Gasteiger partial charge is 0.0110 e. The second kappa shape index (κ2) is 7.24. The molecule has 0 amide bonds. The van der Waals surface area contributed by atoms with Gasteiger partial charge in [-0.25, -0.2) is 0 Å². The average Bonchev–Trinajstić information content (AvgIpc) is 2.46. The van der Waals surface area contributed by atoms with Gasteiger partial charge in [0, 0.05) is 19.1 Å². The molecule has 2 nitrogen and oxygen atoms in total. The Morgan fingerprint density at radius 1 is 1.21 bits per heavy atom. The normalized spacial score (nSPS) is 21.9. The first kappa shape index (κ1) is 12.0. The van der Waals surface area contributed by atoms with Crippen molar-refractivity contribution in [2.24, 2.45) is 0 Å². The number of nitrogens with zero attached hydrogens (tertiary/aromatic N) is 1. The van der Waals surface area contributed by atoms with E-state index in [0.29, 0.717) is 0 Å². The van der Waals surface area contributed by atoms with Gasteiger partial charge in [0.1, 0.15) is 0 Å². The van der Waals surface area contributed by atoms with E-state index in [-0.39, 0.29) is 0 Å². The van der Waals surface area contributed by atoms with Crippen LogP contribution in [0.1, 0.15) is 46.0 Å². The van der Waals surface area contributed by atoms with Crippen LogP contribution < -0.4 is 5.32 Å². The van der Waals surface area contributed by atoms with Gasteiger partial charge in [0.15, 0.2) is 0 Å². The molecular formula is C12H26N2. The highest BCUT2D eigenvalue weighted by atomic mass is 15.2. The molecule has 1 aliphatic heterocycles. The molecule has 0 bridgehead atoms. The molecule has 1 atom stereocenters. The van der Waals surface area contributed by atoms with Gasteiger partial charge in [0.05, 0.1) is 0 Å². The molecule has 1 N–H and O–H groups in total. The minimum Gasteiger partial charge on any atom is -0.315 e. The van der Waals surface area contributed by atoms with E-state index >= 15 is 0 Å². The van der Waals surface area contributed by atoms with Crippen molar-refractivity contribution in [2.75, 3.05) is 26.2 Å². The number of hydrogen-bond acceptors (Lipinski definition) is 2. The molecule has 0 spiro atoms.